The van der Waals surface area contributed by atoms with Crippen molar-refractivity contribution in [1.29, 1.82) is 0 Å². The van der Waals surface area contributed by atoms with E-state index in [1.54, 1.807) is 27.7 Å². The summed E-state index contributed by atoms with van der Waals surface area (Å²) in [7, 11) is -3.04. The first kappa shape index (κ1) is 23.2. The first-order valence-electron chi connectivity index (χ1n) is 9.74. The predicted molar refractivity (Wildman–Crippen MR) is 115 cm³/mol. The van der Waals surface area contributed by atoms with Gasteiger partial charge in [0.1, 0.15) is 33.9 Å². The summed E-state index contributed by atoms with van der Waals surface area (Å²) in [6.45, 7) is 6.20. The van der Waals surface area contributed by atoms with E-state index in [0.29, 0.717) is 24.0 Å². The summed E-state index contributed by atoms with van der Waals surface area (Å²) in [4.78, 5) is 21.3. The molecule has 0 aromatic carbocycles. The molecule has 6 nitrogen and oxygen atoms in total. The summed E-state index contributed by atoms with van der Waals surface area (Å²) in [5.74, 6) is -1.60. The highest BCUT2D eigenvalue weighted by Gasteiger charge is 2.54. The zero-order valence-corrected chi connectivity index (χ0v) is 19.9. The van der Waals surface area contributed by atoms with Crippen LogP contribution >= 0.6 is 15.9 Å². The number of carbonyl (C=O) groups is 1. The molecular weight excluding hydrogens is 480 g/mol. The Morgan fingerprint density at radius 3 is 2.70 bits per heavy atom. The third-order valence-electron chi connectivity index (χ3n) is 5.42. The number of alkyl halides is 1. The van der Waals surface area contributed by atoms with Gasteiger partial charge in [-0.1, -0.05) is 0 Å². The molecule has 30 heavy (non-hydrogen) atoms. The van der Waals surface area contributed by atoms with Crippen LogP contribution in [-0.2, 0) is 24.8 Å². The van der Waals surface area contributed by atoms with Gasteiger partial charge in [0.25, 0.3) is 0 Å². The fourth-order valence-corrected chi connectivity index (χ4v) is 7.24. The average molecular weight is 506 g/mol. The van der Waals surface area contributed by atoms with Crippen molar-refractivity contribution in [3.63, 3.8) is 0 Å². The van der Waals surface area contributed by atoms with Crippen molar-refractivity contribution in [2.24, 2.45) is 9.36 Å². The van der Waals surface area contributed by atoms with E-state index in [1.807, 2.05) is 0 Å². The molecule has 0 fully saturated rings. The highest BCUT2D eigenvalue weighted by Crippen LogP contribution is 2.44. The normalized spacial score (nSPS) is 31.4. The largest absolute Gasteiger partial charge is 0.460 e. The van der Waals surface area contributed by atoms with Crippen LogP contribution in [-0.4, -0.2) is 50.2 Å². The number of pyridine rings is 1. The maximum absolute atomic E-state index is 14.7. The highest BCUT2D eigenvalue weighted by atomic mass is 79.9. The van der Waals surface area contributed by atoms with Gasteiger partial charge >= 0.3 is 5.97 Å². The maximum atomic E-state index is 14.7. The molecule has 1 aromatic rings. The van der Waals surface area contributed by atoms with Gasteiger partial charge in [0.15, 0.2) is 0 Å². The van der Waals surface area contributed by atoms with Gasteiger partial charge in [-0.2, -0.15) is 0 Å². The summed E-state index contributed by atoms with van der Waals surface area (Å²) in [5.41, 5.74) is -2.55. The average Bonchev–Trinajstić information content (AvgIpc) is 2.63. The summed E-state index contributed by atoms with van der Waals surface area (Å²) in [5, 5.41) is 0. The summed E-state index contributed by atoms with van der Waals surface area (Å²) < 4.78 is 52.3. The molecule has 166 valence electrons. The van der Waals surface area contributed by atoms with Gasteiger partial charge in [-0.3, -0.25) is 9.79 Å². The molecule has 3 atom stereocenters. The lowest BCUT2D eigenvalue weighted by Crippen LogP contribution is -2.57. The maximum Gasteiger partial charge on any atom is 0.312 e. The number of ether oxygens (including phenoxy) is 1. The summed E-state index contributed by atoms with van der Waals surface area (Å²) >= 11 is 3.18. The van der Waals surface area contributed by atoms with Crippen molar-refractivity contribution >= 4 is 37.3 Å². The van der Waals surface area contributed by atoms with E-state index in [1.165, 1.54) is 6.07 Å². The zero-order chi connectivity index (χ0) is 22.4. The van der Waals surface area contributed by atoms with Gasteiger partial charge in [0, 0.05) is 12.3 Å². The molecule has 3 heterocycles. The zero-order valence-electron chi connectivity index (χ0n) is 17.5. The lowest BCUT2D eigenvalue weighted by atomic mass is 9.91. The van der Waals surface area contributed by atoms with E-state index in [0.717, 1.165) is 6.07 Å². The lowest BCUT2D eigenvalue weighted by molar-refractivity contribution is -0.153. The van der Waals surface area contributed by atoms with Crippen LogP contribution in [0, 0.1) is 5.82 Å². The number of hydrogen-bond donors (Lipinski definition) is 0. The van der Waals surface area contributed by atoms with E-state index in [9.17, 15) is 17.8 Å². The molecule has 0 unspecified atom stereocenters. The van der Waals surface area contributed by atoms with Crippen molar-refractivity contribution in [1.82, 2.24) is 4.98 Å². The van der Waals surface area contributed by atoms with Gasteiger partial charge in [-0.25, -0.2) is 22.3 Å². The van der Waals surface area contributed by atoms with Crippen LogP contribution in [0.5, 0.6) is 0 Å². The minimum absolute atomic E-state index is 0.232. The van der Waals surface area contributed by atoms with Crippen molar-refractivity contribution in [2.75, 3.05) is 19.0 Å². The molecule has 0 N–H and O–H groups in total. The SMILES string of the molecule is CC(C)(C)OC(=O)CC1=N[C@](CF)(c2nc(Br)ccc2F)C[S@@]2(=O)=NCCC[C@@]12C. The Hall–Kier alpha value is -1.42. The number of fused-ring (bicyclic) bond motifs is 1. The lowest BCUT2D eigenvalue weighted by Gasteiger charge is -2.45. The number of esters is 1. The molecule has 3 rings (SSSR count). The number of nitrogens with zero attached hydrogens (tertiary/aromatic N) is 3. The van der Waals surface area contributed by atoms with Crippen LogP contribution in [0.3, 0.4) is 0 Å². The second kappa shape index (κ2) is 7.93. The van der Waals surface area contributed by atoms with Gasteiger partial charge in [-0.15, -0.1) is 0 Å². The number of aliphatic imine (C=N–C) groups is 1. The Morgan fingerprint density at radius 2 is 2.07 bits per heavy atom. The number of rotatable bonds is 4. The van der Waals surface area contributed by atoms with Crippen molar-refractivity contribution in [2.45, 2.75) is 62.8 Å². The number of hydrogen-bond acceptors (Lipinski definition) is 6. The second-order valence-corrected chi connectivity index (χ2v) is 12.5. The summed E-state index contributed by atoms with van der Waals surface area (Å²) in [6, 6.07) is 2.55. The Morgan fingerprint density at radius 1 is 1.37 bits per heavy atom. The van der Waals surface area contributed by atoms with Gasteiger partial charge < -0.3 is 4.74 Å². The van der Waals surface area contributed by atoms with Crippen LogP contribution in [0.1, 0.15) is 52.7 Å². The van der Waals surface area contributed by atoms with E-state index in [-0.39, 0.29) is 23.6 Å². The van der Waals surface area contributed by atoms with E-state index >= 15 is 0 Å². The fraction of sp³-hybridized carbons (Fsp3) is 0.650. The van der Waals surface area contributed by atoms with E-state index < -0.39 is 44.1 Å². The monoisotopic (exact) mass is 505 g/mol. The van der Waals surface area contributed by atoms with Crippen LogP contribution in [0.2, 0.25) is 0 Å². The Labute approximate surface area is 184 Å². The minimum Gasteiger partial charge on any atom is -0.460 e. The minimum atomic E-state index is -3.04. The standard InChI is InChI=1S/C20H26BrF2N3O3S/c1-18(2,3)29-16(27)10-14-19(4)8-5-9-24-30(19,28)12-20(11-22,26-14)17-13(23)6-7-15(21)25-17/h6-7H,5,8-12H2,1-4H3/t19-,20-,30-/m0/s1. The molecule has 2 aliphatic heterocycles. The van der Waals surface area contributed by atoms with Crippen LogP contribution in [0.15, 0.2) is 26.1 Å². The van der Waals surface area contributed by atoms with Crippen molar-refractivity contribution < 1.29 is 22.5 Å². The molecule has 0 amide bonds. The van der Waals surface area contributed by atoms with Crippen LogP contribution in [0.25, 0.3) is 0 Å². The fourth-order valence-electron chi connectivity index (χ4n) is 3.93. The van der Waals surface area contributed by atoms with E-state index in [2.05, 4.69) is 30.3 Å². The molecule has 0 aliphatic carbocycles. The number of aromatic nitrogens is 1. The third kappa shape index (κ3) is 4.17. The van der Waals surface area contributed by atoms with Crippen LogP contribution in [0.4, 0.5) is 8.78 Å². The molecule has 0 bridgehead atoms. The third-order valence-corrected chi connectivity index (χ3v) is 9.17. The highest BCUT2D eigenvalue weighted by molar-refractivity contribution is 9.10. The second-order valence-electron chi connectivity index (χ2n) is 8.92. The quantitative estimate of drug-likeness (QED) is 0.449. The first-order chi connectivity index (χ1) is 13.8. The topological polar surface area (TPSA) is 81.0 Å². The van der Waals surface area contributed by atoms with Gasteiger partial charge in [0.05, 0.1) is 26.6 Å². The number of carbonyl (C=O) groups excluding carboxylic acids is 1. The first-order valence-corrected chi connectivity index (χ1v) is 12.2. The predicted octanol–water partition coefficient (Wildman–Crippen LogP) is 4.35. The van der Waals surface area contributed by atoms with E-state index in [4.69, 9.17) is 4.74 Å². The molecular formula is C20H26BrF2N3O3S. The van der Waals surface area contributed by atoms with Gasteiger partial charge in [0.2, 0.25) is 0 Å². The Balaban J connectivity index is 2.20. The smallest absolute Gasteiger partial charge is 0.312 e. The van der Waals surface area contributed by atoms with Crippen molar-refractivity contribution in [3.05, 3.63) is 28.2 Å². The molecule has 1 aromatic heterocycles. The molecule has 10 heteroatoms. The molecule has 2 aliphatic rings. The Bertz CT molecular complexity index is 1020. The van der Waals surface area contributed by atoms with Crippen molar-refractivity contribution in [3.8, 4) is 0 Å². The Kier molecular flexibility index (Phi) is 6.14. The number of halogens is 3. The summed E-state index contributed by atoms with van der Waals surface area (Å²) in [6.07, 6.45) is 0.901. The molecule has 0 saturated heterocycles. The van der Waals surface area contributed by atoms with Gasteiger partial charge in [-0.05, 0) is 68.6 Å². The molecule has 0 radical (unpaired) electrons. The molecule has 0 spiro atoms. The molecule has 0 saturated carbocycles. The van der Waals surface area contributed by atoms with Crippen LogP contribution < -0.4 is 0 Å².